The van der Waals surface area contributed by atoms with Gasteiger partial charge >= 0.3 is 0 Å². The summed E-state index contributed by atoms with van der Waals surface area (Å²) in [5.74, 6) is -0.569. The molecule has 0 aromatic carbocycles. The summed E-state index contributed by atoms with van der Waals surface area (Å²) in [6, 6.07) is 1.63. The lowest BCUT2D eigenvalue weighted by molar-refractivity contribution is -0.113. The maximum Gasteiger partial charge on any atom is 0.281 e. The summed E-state index contributed by atoms with van der Waals surface area (Å²) in [5, 5.41) is 6.88. The van der Waals surface area contributed by atoms with Crippen molar-refractivity contribution >= 4 is 29.3 Å². The first-order valence-electron chi connectivity index (χ1n) is 6.97. The number of aliphatic imine (C=N–C) groups is 2. The van der Waals surface area contributed by atoms with Crippen LogP contribution in [0.2, 0.25) is 0 Å². The van der Waals surface area contributed by atoms with E-state index >= 15 is 0 Å². The molecule has 9 nitrogen and oxygen atoms in total. The predicted octanol–water partition coefficient (Wildman–Crippen LogP) is 0.995. The molecule has 9 heteroatoms. The Balaban J connectivity index is 1.95. The normalized spacial score (nSPS) is 14.2. The molecule has 0 bridgehead atoms. The number of carbonyl (C=O) groups excluding carboxylic acids is 2. The minimum Gasteiger partial charge on any atom is -0.305 e. The molecule has 1 aliphatic heterocycles. The maximum absolute atomic E-state index is 12.2. The molecule has 0 unspecified atom stereocenters. The van der Waals surface area contributed by atoms with E-state index in [2.05, 4.69) is 36.9 Å². The van der Waals surface area contributed by atoms with E-state index in [4.69, 9.17) is 0 Å². The fourth-order valence-corrected chi connectivity index (χ4v) is 1.99. The van der Waals surface area contributed by atoms with Crippen LogP contribution in [0.5, 0.6) is 0 Å². The smallest absolute Gasteiger partial charge is 0.281 e. The molecule has 0 aliphatic carbocycles. The highest BCUT2D eigenvalue weighted by Crippen LogP contribution is 2.15. The molecular formula is C15H13N7O2. The number of rotatable bonds is 2. The molecule has 2 aromatic heterocycles. The molecule has 120 valence electrons. The number of hydrogen-bond acceptors (Lipinski definition) is 6. The van der Waals surface area contributed by atoms with Crippen molar-refractivity contribution in [2.45, 2.75) is 13.8 Å². The van der Waals surface area contributed by atoms with Crippen LogP contribution in [0.4, 0.5) is 5.82 Å². The zero-order valence-electron chi connectivity index (χ0n) is 13.0. The van der Waals surface area contributed by atoms with Gasteiger partial charge in [-0.25, -0.2) is 9.98 Å². The fraction of sp³-hybridized carbons (Fsp3) is 0.133. The van der Waals surface area contributed by atoms with Crippen LogP contribution in [-0.2, 0) is 4.79 Å². The summed E-state index contributed by atoms with van der Waals surface area (Å²) in [5.41, 5.74) is 1.45. The van der Waals surface area contributed by atoms with Crippen molar-refractivity contribution < 1.29 is 9.59 Å². The van der Waals surface area contributed by atoms with Gasteiger partial charge in [0.15, 0.2) is 0 Å². The minimum atomic E-state index is -0.489. The van der Waals surface area contributed by atoms with E-state index < -0.39 is 11.8 Å². The molecule has 1 N–H and O–H groups in total. The Kier molecular flexibility index (Phi) is 3.82. The van der Waals surface area contributed by atoms with Crippen molar-refractivity contribution in [3.05, 3.63) is 48.2 Å². The second-order valence-electron chi connectivity index (χ2n) is 5.02. The molecule has 0 saturated heterocycles. The Labute approximate surface area is 136 Å². The number of aryl methyl sites for hydroxylation is 1. The van der Waals surface area contributed by atoms with Crippen molar-refractivity contribution in [1.29, 1.82) is 0 Å². The van der Waals surface area contributed by atoms with E-state index in [1.807, 2.05) is 0 Å². The number of aromatic nitrogens is 4. The Bertz CT molecular complexity index is 909. The topological polar surface area (TPSA) is 114 Å². The second kappa shape index (κ2) is 5.95. The summed E-state index contributed by atoms with van der Waals surface area (Å²) >= 11 is 0. The van der Waals surface area contributed by atoms with E-state index in [0.717, 1.165) is 0 Å². The average molecular weight is 323 g/mol. The van der Waals surface area contributed by atoms with E-state index in [1.165, 1.54) is 23.3 Å². The van der Waals surface area contributed by atoms with Crippen LogP contribution in [0.15, 0.2) is 46.8 Å². The van der Waals surface area contributed by atoms with E-state index in [0.29, 0.717) is 17.2 Å². The zero-order valence-corrected chi connectivity index (χ0v) is 13.0. The van der Waals surface area contributed by atoms with E-state index in [-0.39, 0.29) is 17.2 Å². The third-order valence-electron chi connectivity index (χ3n) is 3.22. The first-order chi connectivity index (χ1) is 11.5. The quantitative estimate of drug-likeness (QED) is 0.828. The number of carbonyl (C=O) groups is 2. The molecule has 0 fully saturated rings. The predicted molar refractivity (Wildman–Crippen MR) is 87.0 cm³/mol. The van der Waals surface area contributed by atoms with Gasteiger partial charge in [0.05, 0.1) is 23.2 Å². The molecule has 0 saturated carbocycles. The first kappa shape index (κ1) is 15.4. The molecule has 0 radical (unpaired) electrons. The SMILES string of the molecule is C=C1C(=O)N=C(n2nc(C)cc2NC(=O)c2cnccn2)N=C1C. The van der Waals surface area contributed by atoms with Crippen LogP contribution < -0.4 is 5.32 Å². The summed E-state index contributed by atoms with van der Waals surface area (Å²) < 4.78 is 1.29. The van der Waals surface area contributed by atoms with Crippen molar-refractivity contribution in [3.63, 3.8) is 0 Å². The second-order valence-corrected chi connectivity index (χ2v) is 5.02. The van der Waals surface area contributed by atoms with Crippen LogP contribution >= 0.6 is 0 Å². The molecule has 1 aliphatic rings. The minimum absolute atomic E-state index is 0.0624. The number of nitrogens with one attached hydrogen (secondary N) is 1. The van der Waals surface area contributed by atoms with Gasteiger partial charge in [0.2, 0.25) is 0 Å². The van der Waals surface area contributed by atoms with Gasteiger partial charge in [-0.05, 0) is 13.8 Å². The van der Waals surface area contributed by atoms with Gasteiger partial charge in [-0.2, -0.15) is 14.8 Å². The van der Waals surface area contributed by atoms with Crippen LogP contribution in [-0.4, -0.2) is 43.2 Å². The largest absolute Gasteiger partial charge is 0.305 e. The monoisotopic (exact) mass is 323 g/mol. The number of hydrogen-bond donors (Lipinski definition) is 1. The molecule has 0 atom stereocenters. The maximum atomic E-state index is 12.2. The molecule has 2 aromatic rings. The molecular weight excluding hydrogens is 310 g/mol. The third-order valence-corrected chi connectivity index (χ3v) is 3.22. The van der Waals surface area contributed by atoms with Gasteiger partial charge in [-0.1, -0.05) is 6.58 Å². The molecule has 24 heavy (non-hydrogen) atoms. The zero-order chi connectivity index (χ0) is 17.3. The van der Waals surface area contributed by atoms with Gasteiger partial charge in [0, 0.05) is 18.5 Å². The van der Waals surface area contributed by atoms with Crippen molar-refractivity contribution in [3.8, 4) is 0 Å². The van der Waals surface area contributed by atoms with Crippen LogP contribution in [0.3, 0.4) is 0 Å². The highest BCUT2D eigenvalue weighted by atomic mass is 16.2. The number of nitrogens with zero attached hydrogens (tertiary/aromatic N) is 6. The summed E-state index contributed by atoms with van der Waals surface area (Å²) in [7, 11) is 0. The lowest BCUT2D eigenvalue weighted by Crippen LogP contribution is -2.25. The van der Waals surface area contributed by atoms with Gasteiger partial charge in [-0.15, -0.1) is 0 Å². The highest BCUT2D eigenvalue weighted by molar-refractivity contribution is 6.27. The van der Waals surface area contributed by atoms with Crippen molar-refractivity contribution in [1.82, 2.24) is 19.7 Å². The van der Waals surface area contributed by atoms with Gasteiger partial charge in [0.1, 0.15) is 11.5 Å². The van der Waals surface area contributed by atoms with Gasteiger partial charge in [0.25, 0.3) is 17.8 Å². The molecule has 0 spiro atoms. The fourth-order valence-electron chi connectivity index (χ4n) is 1.99. The van der Waals surface area contributed by atoms with Gasteiger partial charge in [-0.3, -0.25) is 14.6 Å². The lowest BCUT2D eigenvalue weighted by atomic mass is 10.2. The van der Waals surface area contributed by atoms with Crippen LogP contribution in [0, 0.1) is 6.92 Å². The Morgan fingerprint density at radius 1 is 1.25 bits per heavy atom. The average Bonchev–Trinajstić information content (AvgIpc) is 2.93. The Morgan fingerprint density at radius 2 is 2.04 bits per heavy atom. The molecule has 3 heterocycles. The standard InChI is InChI=1S/C15H13N7O2/c1-8-6-12(19-14(24)11-7-16-4-5-17-11)22(21-8)15-18-10(3)9(2)13(23)20-15/h4-7H,2H2,1,3H3,(H,19,24). The Hall–Kier alpha value is -3.49. The summed E-state index contributed by atoms with van der Waals surface area (Å²) in [4.78, 5) is 39.9. The van der Waals surface area contributed by atoms with Crippen molar-refractivity contribution in [2.75, 3.05) is 5.32 Å². The third kappa shape index (κ3) is 2.86. The molecule has 3 rings (SSSR count). The number of amides is 2. The number of anilines is 1. The van der Waals surface area contributed by atoms with Crippen LogP contribution in [0.25, 0.3) is 0 Å². The van der Waals surface area contributed by atoms with E-state index in [1.54, 1.807) is 19.9 Å². The van der Waals surface area contributed by atoms with Gasteiger partial charge < -0.3 is 5.32 Å². The van der Waals surface area contributed by atoms with Crippen molar-refractivity contribution in [2.24, 2.45) is 9.98 Å². The molecule has 2 amide bonds. The van der Waals surface area contributed by atoms with Crippen LogP contribution in [0.1, 0.15) is 23.1 Å². The highest BCUT2D eigenvalue weighted by Gasteiger charge is 2.21. The van der Waals surface area contributed by atoms with E-state index in [9.17, 15) is 9.59 Å². The first-order valence-corrected chi connectivity index (χ1v) is 6.97. The summed E-state index contributed by atoms with van der Waals surface area (Å²) in [6.45, 7) is 7.02. The Morgan fingerprint density at radius 3 is 2.71 bits per heavy atom. The summed E-state index contributed by atoms with van der Waals surface area (Å²) in [6.07, 6.45) is 4.23. The lowest BCUT2D eigenvalue weighted by Gasteiger charge is -2.12.